The van der Waals surface area contributed by atoms with Gasteiger partial charge in [-0.05, 0) is 41.4 Å². The van der Waals surface area contributed by atoms with Crippen molar-refractivity contribution in [2.24, 2.45) is 5.92 Å². The first-order valence-electron chi connectivity index (χ1n) is 7.10. The molecule has 0 radical (unpaired) electrons. The van der Waals surface area contributed by atoms with E-state index in [1.165, 1.54) is 0 Å². The number of nitrogens with one attached hydrogen (secondary N) is 1. The Morgan fingerprint density at radius 2 is 2.30 bits per heavy atom. The van der Waals surface area contributed by atoms with Gasteiger partial charge in [0.05, 0.1) is 15.9 Å². The van der Waals surface area contributed by atoms with Gasteiger partial charge in [-0.3, -0.25) is 0 Å². The number of nitrogens with zero attached hydrogens (tertiary/aromatic N) is 2. The Kier molecular flexibility index (Phi) is 6.44. The highest BCUT2D eigenvalue weighted by molar-refractivity contribution is 14.1. The van der Waals surface area contributed by atoms with Gasteiger partial charge in [0, 0.05) is 33.3 Å². The van der Waals surface area contributed by atoms with Crippen LogP contribution in [-0.2, 0) is 22.5 Å². The SMILES string of the molecule is CCCNc1nc(CC2CCOC2)nc(COC)c1I. The van der Waals surface area contributed by atoms with Gasteiger partial charge in [-0.2, -0.15) is 0 Å². The van der Waals surface area contributed by atoms with E-state index in [4.69, 9.17) is 9.47 Å². The zero-order valence-corrected chi connectivity index (χ0v) is 14.3. The molecule has 112 valence electrons. The molecule has 2 heterocycles. The topological polar surface area (TPSA) is 56.3 Å². The zero-order valence-electron chi connectivity index (χ0n) is 12.1. The summed E-state index contributed by atoms with van der Waals surface area (Å²) in [6.07, 6.45) is 3.06. The molecule has 20 heavy (non-hydrogen) atoms. The maximum atomic E-state index is 5.43. The highest BCUT2D eigenvalue weighted by atomic mass is 127. The molecule has 6 heteroatoms. The van der Waals surface area contributed by atoms with Crippen LogP contribution in [0.25, 0.3) is 0 Å². The van der Waals surface area contributed by atoms with Gasteiger partial charge in [0.1, 0.15) is 11.6 Å². The number of aromatic nitrogens is 2. The van der Waals surface area contributed by atoms with Crippen molar-refractivity contribution in [3.63, 3.8) is 0 Å². The Labute approximate surface area is 134 Å². The minimum atomic E-state index is 0.524. The fraction of sp³-hybridized carbons (Fsp3) is 0.714. The van der Waals surface area contributed by atoms with Gasteiger partial charge in [-0.25, -0.2) is 9.97 Å². The lowest BCUT2D eigenvalue weighted by Gasteiger charge is -2.14. The van der Waals surface area contributed by atoms with E-state index in [-0.39, 0.29) is 0 Å². The molecule has 0 aliphatic carbocycles. The van der Waals surface area contributed by atoms with Crippen LogP contribution in [0.15, 0.2) is 0 Å². The molecule has 1 atom stereocenters. The second kappa shape index (κ2) is 8.09. The molecule has 1 saturated heterocycles. The van der Waals surface area contributed by atoms with Crippen LogP contribution in [0.2, 0.25) is 0 Å². The first-order chi connectivity index (χ1) is 9.74. The fourth-order valence-corrected chi connectivity index (χ4v) is 2.82. The summed E-state index contributed by atoms with van der Waals surface area (Å²) in [6, 6.07) is 0. The Morgan fingerprint density at radius 1 is 1.45 bits per heavy atom. The van der Waals surface area contributed by atoms with Crippen molar-refractivity contribution in [1.82, 2.24) is 9.97 Å². The normalized spacial score (nSPS) is 18.4. The monoisotopic (exact) mass is 391 g/mol. The molecule has 0 spiro atoms. The smallest absolute Gasteiger partial charge is 0.143 e. The number of methoxy groups -OCH3 is 1. The molecule has 1 N–H and O–H groups in total. The van der Waals surface area contributed by atoms with Crippen molar-refractivity contribution < 1.29 is 9.47 Å². The molecule has 1 unspecified atom stereocenters. The van der Waals surface area contributed by atoms with E-state index in [9.17, 15) is 0 Å². The van der Waals surface area contributed by atoms with Crippen molar-refractivity contribution >= 4 is 28.4 Å². The van der Waals surface area contributed by atoms with Crippen LogP contribution in [0.3, 0.4) is 0 Å². The van der Waals surface area contributed by atoms with Crippen LogP contribution in [0.4, 0.5) is 5.82 Å². The van der Waals surface area contributed by atoms with Gasteiger partial charge in [-0.1, -0.05) is 6.92 Å². The fourth-order valence-electron chi connectivity index (χ4n) is 2.23. The van der Waals surface area contributed by atoms with E-state index in [1.54, 1.807) is 7.11 Å². The summed E-state index contributed by atoms with van der Waals surface area (Å²) in [7, 11) is 1.70. The molecule has 1 aliphatic heterocycles. The van der Waals surface area contributed by atoms with Crippen LogP contribution in [0, 0.1) is 9.49 Å². The van der Waals surface area contributed by atoms with Crippen molar-refractivity contribution in [1.29, 1.82) is 0 Å². The van der Waals surface area contributed by atoms with E-state index in [0.29, 0.717) is 12.5 Å². The molecular formula is C14H22IN3O2. The number of hydrogen-bond acceptors (Lipinski definition) is 5. The van der Waals surface area contributed by atoms with Crippen molar-refractivity contribution in [2.45, 2.75) is 32.8 Å². The lowest BCUT2D eigenvalue weighted by molar-refractivity contribution is 0.179. The van der Waals surface area contributed by atoms with Gasteiger partial charge in [-0.15, -0.1) is 0 Å². The highest BCUT2D eigenvalue weighted by Gasteiger charge is 2.19. The van der Waals surface area contributed by atoms with E-state index < -0.39 is 0 Å². The summed E-state index contributed by atoms with van der Waals surface area (Å²) in [5.41, 5.74) is 0.968. The Hall–Kier alpha value is -0.470. The van der Waals surface area contributed by atoms with Gasteiger partial charge in [0.15, 0.2) is 0 Å². The van der Waals surface area contributed by atoms with E-state index in [2.05, 4.69) is 44.8 Å². The summed E-state index contributed by atoms with van der Waals surface area (Å²) in [5.74, 6) is 2.37. The summed E-state index contributed by atoms with van der Waals surface area (Å²) in [6.45, 7) is 5.28. The van der Waals surface area contributed by atoms with Gasteiger partial charge < -0.3 is 14.8 Å². The summed E-state index contributed by atoms with van der Waals surface area (Å²) in [4.78, 5) is 9.33. The van der Waals surface area contributed by atoms with E-state index in [1.807, 2.05) is 0 Å². The number of rotatable bonds is 7. The second-order valence-corrected chi connectivity index (χ2v) is 6.12. The third-order valence-electron chi connectivity index (χ3n) is 3.28. The van der Waals surface area contributed by atoms with Crippen molar-refractivity contribution in [3.8, 4) is 0 Å². The lowest BCUT2D eigenvalue weighted by Crippen LogP contribution is -2.14. The molecule has 1 aromatic rings. The maximum Gasteiger partial charge on any atom is 0.143 e. The average Bonchev–Trinajstić information content (AvgIpc) is 2.94. The zero-order chi connectivity index (χ0) is 14.4. The molecule has 0 bridgehead atoms. The van der Waals surface area contributed by atoms with Crippen LogP contribution < -0.4 is 5.32 Å². The van der Waals surface area contributed by atoms with Gasteiger partial charge >= 0.3 is 0 Å². The number of anilines is 1. The molecule has 5 nitrogen and oxygen atoms in total. The van der Waals surface area contributed by atoms with Gasteiger partial charge in [0.2, 0.25) is 0 Å². The number of ether oxygens (including phenoxy) is 2. The van der Waals surface area contributed by atoms with E-state index in [0.717, 1.165) is 59.9 Å². The Bertz CT molecular complexity index is 437. The number of halogens is 1. The summed E-state index contributed by atoms with van der Waals surface area (Å²) >= 11 is 2.29. The van der Waals surface area contributed by atoms with Crippen LogP contribution in [0.5, 0.6) is 0 Å². The molecule has 1 aliphatic rings. The first kappa shape index (κ1) is 15.9. The minimum Gasteiger partial charge on any atom is -0.381 e. The first-order valence-corrected chi connectivity index (χ1v) is 8.18. The average molecular weight is 391 g/mol. The standard InChI is InChI=1S/C14H22IN3O2/c1-3-5-16-14-13(15)11(9-19-2)17-12(18-14)7-10-4-6-20-8-10/h10H,3-9H2,1-2H3,(H,16,17,18). The largest absolute Gasteiger partial charge is 0.381 e. The van der Waals surface area contributed by atoms with Crippen LogP contribution in [-0.4, -0.2) is 36.8 Å². The highest BCUT2D eigenvalue weighted by Crippen LogP contribution is 2.23. The Morgan fingerprint density at radius 3 is 2.95 bits per heavy atom. The second-order valence-electron chi connectivity index (χ2n) is 5.04. The maximum absolute atomic E-state index is 5.43. The third-order valence-corrected chi connectivity index (χ3v) is 4.42. The third kappa shape index (κ3) is 4.26. The molecule has 0 aromatic carbocycles. The molecule has 0 saturated carbocycles. The predicted octanol–water partition coefficient (Wildman–Crippen LogP) is 2.63. The lowest BCUT2D eigenvalue weighted by atomic mass is 10.0. The Balaban J connectivity index is 2.18. The summed E-state index contributed by atoms with van der Waals surface area (Å²) < 4.78 is 11.7. The van der Waals surface area contributed by atoms with Crippen LogP contribution >= 0.6 is 22.6 Å². The van der Waals surface area contributed by atoms with Crippen LogP contribution in [0.1, 0.15) is 31.3 Å². The summed E-state index contributed by atoms with van der Waals surface area (Å²) in [5, 5.41) is 3.38. The molecule has 1 aromatic heterocycles. The minimum absolute atomic E-state index is 0.524. The molecular weight excluding hydrogens is 369 g/mol. The van der Waals surface area contributed by atoms with E-state index >= 15 is 0 Å². The quantitative estimate of drug-likeness (QED) is 0.725. The van der Waals surface area contributed by atoms with Gasteiger partial charge in [0.25, 0.3) is 0 Å². The van der Waals surface area contributed by atoms with Crippen molar-refractivity contribution in [3.05, 3.63) is 15.1 Å². The number of hydrogen-bond donors (Lipinski definition) is 1. The molecule has 1 fully saturated rings. The molecule has 2 rings (SSSR count). The van der Waals surface area contributed by atoms with Crippen molar-refractivity contribution in [2.75, 3.05) is 32.2 Å². The predicted molar refractivity (Wildman–Crippen MR) is 86.9 cm³/mol. The molecule has 0 amide bonds.